The molecule has 4 aromatic rings. The monoisotopic (exact) mass is 371 g/mol. The fraction of sp³-hybridized carbons (Fsp3) is 0.0909. The van der Waals surface area contributed by atoms with E-state index in [1.807, 2.05) is 24.4 Å². The molecule has 27 heavy (non-hydrogen) atoms. The molecule has 0 aliphatic rings. The summed E-state index contributed by atoms with van der Waals surface area (Å²) in [6.45, 7) is 0.501. The van der Waals surface area contributed by atoms with Crippen LogP contribution in [0.25, 0.3) is 10.9 Å². The lowest BCUT2D eigenvalue weighted by atomic mass is 9.96. The van der Waals surface area contributed by atoms with Crippen LogP contribution in [0.4, 0.5) is 0 Å². The number of H-pyrrole nitrogens is 1. The minimum Gasteiger partial charge on any atom is -0.361 e. The summed E-state index contributed by atoms with van der Waals surface area (Å²) in [6.07, 6.45) is 2.03. The fourth-order valence-electron chi connectivity index (χ4n) is 3.23. The number of nitriles is 1. The van der Waals surface area contributed by atoms with Crippen LogP contribution in [0.3, 0.4) is 0 Å². The van der Waals surface area contributed by atoms with Gasteiger partial charge in [-0.2, -0.15) is 5.26 Å². The number of aromatic amines is 1. The normalized spacial score (nSPS) is 11.8. The van der Waals surface area contributed by atoms with Gasteiger partial charge in [0.1, 0.15) is 0 Å². The largest absolute Gasteiger partial charge is 0.361 e. The average Bonchev–Trinajstić information content (AvgIpc) is 3.39. The van der Waals surface area contributed by atoms with Gasteiger partial charge >= 0.3 is 0 Å². The molecule has 0 spiro atoms. The van der Waals surface area contributed by atoms with Gasteiger partial charge in [-0.1, -0.05) is 24.3 Å². The van der Waals surface area contributed by atoms with E-state index >= 15 is 0 Å². The lowest BCUT2D eigenvalue weighted by Gasteiger charge is -2.16. The topological polar surface area (TPSA) is 68.7 Å². The minimum atomic E-state index is -0.138. The van der Waals surface area contributed by atoms with Crippen LogP contribution in [-0.4, -0.2) is 17.4 Å². The Morgan fingerprint density at radius 3 is 2.67 bits per heavy atom. The van der Waals surface area contributed by atoms with Gasteiger partial charge in [-0.25, -0.2) is 0 Å². The number of hydrogen-bond acceptors (Lipinski definition) is 3. The highest BCUT2D eigenvalue weighted by Crippen LogP contribution is 2.32. The highest BCUT2D eigenvalue weighted by atomic mass is 32.1. The smallest absolute Gasteiger partial charge is 0.251 e. The molecule has 0 saturated carbocycles. The Morgan fingerprint density at radius 2 is 1.93 bits per heavy atom. The highest BCUT2D eigenvalue weighted by molar-refractivity contribution is 7.10. The van der Waals surface area contributed by atoms with Crippen molar-refractivity contribution in [3.8, 4) is 6.07 Å². The number of para-hydroxylation sites is 1. The maximum atomic E-state index is 12.6. The molecule has 0 bridgehead atoms. The van der Waals surface area contributed by atoms with E-state index in [4.69, 9.17) is 5.26 Å². The molecular formula is C22H17N3OS. The first kappa shape index (κ1) is 17.1. The minimum absolute atomic E-state index is 0.0727. The Labute approximate surface area is 161 Å². The maximum Gasteiger partial charge on any atom is 0.251 e. The van der Waals surface area contributed by atoms with Crippen LogP contribution < -0.4 is 5.32 Å². The first-order valence-electron chi connectivity index (χ1n) is 8.64. The Morgan fingerprint density at radius 1 is 1.11 bits per heavy atom. The maximum absolute atomic E-state index is 12.6. The van der Waals surface area contributed by atoms with Crippen LogP contribution >= 0.6 is 11.3 Å². The summed E-state index contributed by atoms with van der Waals surface area (Å²) >= 11 is 1.69. The van der Waals surface area contributed by atoms with Crippen molar-refractivity contribution in [3.63, 3.8) is 0 Å². The van der Waals surface area contributed by atoms with E-state index < -0.39 is 0 Å². The number of thiophene rings is 1. The van der Waals surface area contributed by atoms with Crippen molar-refractivity contribution in [1.29, 1.82) is 5.26 Å². The van der Waals surface area contributed by atoms with E-state index in [0.29, 0.717) is 17.7 Å². The van der Waals surface area contributed by atoms with Crippen LogP contribution in [0, 0.1) is 11.3 Å². The molecule has 4 rings (SSSR count). The van der Waals surface area contributed by atoms with Crippen molar-refractivity contribution < 1.29 is 4.79 Å². The van der Waals surface area contributed by atoms with Gasteiger partial charge in [0.05, 0.1) is 11.6 Å². The second kappa shape index (κ2) is 7.48. The molecule has 0 radical (unpaired) electrons. The standard InChI is InChI=1S/C22H17N3OS/c23-12-15-7-9-16(10-8-15)22(26)25-14-19(21-6-3-11-27-21)18-13-24-20-5-2-1-4-17(18)20/h1-11,13,19,24H,14H2,(H,25,26)/t19-/m1/s1. The zero-order valence-electron chi connectivity index (χ0n) is 14.5. The van der Waals surface area contributed by atoms with E-state index in [1.54, 1.807) is 35.6 Å². The number of carbonyl (C=O) groups excluding carboxylic acids is 1. The van der Waals surface area contributed by atoms with Crippen LogP contribution in [0.5, 0.6) is 0 Å². The molecule has 0 saturated heterocycles. The van der Waals surface area contributed by atoms with Gasteiger partial charge in [-0.15, -0.1) is 11.3 Å². The van der Waals surface area contributed by atoms with Gasteiger partial charge in [-0.05, 0) is 47.3 Å². The van der Waals surface area contributed by atoms with Gasteiger partial charge in [0.25, 0.3) is 5.91 Å². The first-order valence-corrected chi connectivity index (χ1v) is 9.52. The van der Waals surface area contributed by atoms with Crippen molar-refractivity contribution in [1.82, 2.24) is 10.3 Å². The van der Waals surface area contributed by atoms with E-state index in [2.05, 4.69) is 39.9 Å². The number of rotatable bonds is 5. The number of aromatic nitrogens is 1. The van der Waals surface area contributed by atoms with E-state index in [1.165, 1.54) is 15.8 Å². The van der Waals surface area contributed by atoms with E-state index in [-0.39, 0.29) is 11.8 Å². The molecule has 5 heteroatoms. The number of fused-ring (bicyclic) bond motifs is 1. The molecule has 1 amide bonds. The molecule has 0 aliphatic heterocycles. The van der Waals surface area contributed by atoms with Gasteiger partial charge < -0.3 is 10.3 Å². The Kier molecular flexibility index (Phi) is 4.73. The molecule has 2 N–H and O–H groups in total. The summed E-state index contributed by atoms with van der Waals surface area (Å²) in [6, 6.07) is 21.1. The van der Waals surface area contributed by atoms with E-state index in [0.717, 1.165) is 5.52 Å². The SMILES string of the molecule is N#Cc1ccc(C(=O)NC[C@@H](c2cccs2)c2c[nH]c3ccccc23)cc1. The molecule has 0 unspecified atom stereocenters. The number of benzene rings is 2. The van der Waals surface area contributed by atoms with Gasteiger partial charge in [-0.3, -0.25) is 4.79 Å². The summed E-state index contributed by atoms with van der Waals surface area (Å²) in [7, 11) is 0. The second-order valence-corrected chi connectivity index (χ2v) is 7.24. The number of carbonyl (C=O) groups is 1. The Hall–Kier alpha value is -3.36. The van der Waals surface area contributed by atoms with Crippen LogP contribution in [0.2, 0.25) is 0 Å². The number of hydrogen-bond donors (Lipinski definition) is 2. The van der Waals surface area contributed by atoms with Gasteiger partial charge in [0.15, 0.2) is 0 Å². The van der Waals surface area contributed by atoms with Crippen molar-refractivity contribution in [3.05, 3.63) is 93.8 Å². The summed E-state index contributed by atoms with van der Waals surface area (Å²) in [5.41, 5.74) is 3.36. The molecule has 0 aliphatic carbocycles. The summed E-state index contributed by atoms with van der Waals surface area (Å²) < 4.78 is 0. The molecule has 0 fully saturated rings. The Bertz CT molecular complexity index is 1100. The van der Waals surface area contributed by atoms with E-state index in [9.17, 15) is 4.79 Å². The molecule has 1 atom stereocenters. The zero-order chi connectivity index (χ0) is 18.6. The predicted molar refractivity (Wildman–Crippen MR) is 108 cm³/mol. The quantitative estimate of drug-likeness (QED) is 0.535. The van der Waals surface area contributed by atoms with Gasteiger partial charge in [0.2, 0.25) is 0 Å². The van der Waals surface area contributed by atoms with Crippen molar-refractivity contribution in [2.24, 2.45) is 0 Å². The van der Waals surface area contributed by atoms with Crippen molar-refractivity contribution >= 4 is 28.1 Å². The number of nitrogens with one attached hydrogen (secondary N) is 2. The summed E-state index contributed by atoms with van der Waals surface area (Å²) in [5, 5.41) is 15.2. The third-order valence-electron chi connectivity index (χ3n) is 4.63. The second-order valence-electron chi connectivity index (χ2n) is 6.26. The van der Waals surface area contributed by atoms with Crippen LogP contribution in [-0.2, 0) is 0 Å². The predicted octanol–water partition coefficient (Wildman–Crippen LogP) is 4.66. The van der Waals surface area contributed by atoms with Crippen LogP contribution in [0.15, 0.2) is 72.2 Å². The molecule has 2 aromatic heterocycles. The number of amides is 1. The lowest BCUT2D eigenvalue weighted by Crippen LogP contribution is -2.28. The Balaban J connectivity index is 1.59. The molecular weight excluding hydrogens is 354 g/mol. The molecule has 2 aromatic carbocycles. The zero-order valence-corrected chi connectivity index (χ0v) is 15.3. The average molecular weight is 371 g/mol. The number of nitrogens with zero attached hydrogens (tertiary/aromatic N) is 1. The molecule has 4 nitrogen and oxygen atoms in total. The van der Waals surface area contributed by atoms with Crippen molar-refractivity contribution in [2.75, 3.05) is 6.54 Å². The van der Waals surface area contributed by atoms with Crippen LogP contribution in [0.1, 0.15) is 32.3 Å². The molecule has 2 heterocycles. The fourth-order valence-corrected chi connectivity index (χ4v) is 4.07. The lowest BCUT2D eigenvalue weighted by molar-refractivity contribution is 0.0952. The molecule has 132 valence electrons. The first-order chi connectivity index (χ1) is 13.3. The highest BCUT2D eigenvalue weighted by Gasteiger charge is 2.20. The van der Waals surface area contributed by atoms with Gasteiger partial charge in [0, 0.05) is 40.0 Å². The summed E-state index contributed by atoms with van der Waals surface area (Å²) in [5.74, 6) is -0.0654. The summed E-state index contributed by atoms with van der Waals surface area (Å²) in [4.78, 5) is 17.1. The third kappa shape index (κ3) is 3.48. The van der Waals surface area contributed by atoms with Crippen molar-refractivity contribution in [2.45, 2.75) is 5.92 Å². The third-order valence-corrected chi connectivity index (χ3v) is 5.61.